The molecule has 17 heteroatoms. The number of carboxylic acid groups (broad SMARTS) is 1. The molecule has 1 fully saturated rings. The van der Waals surface area contributed by atoms with Crippen molar-refractivity contribution in [3.63, 3.8) is 0 Å². The number of hydrogen-bond donors (Lipinski definition) is 3. The molecule has 0 radical (unpaired) electrons. The molecule has 12 nitrogen and oxygen atoms in total. The summed E-state index contributed by atoms with van der Waals surface area (Å²) < 4.78 is 4.57. The molecule has 1 saturated heterocycles. The van der Waals surface area contributed by atoms with Crippen LogP contribution in [0.1, 0.15) is 5.69 Å². The molecular weight excluding hydrogens is 509 g/mol. The number of carboxylic acids is 1. The van der Waals surface area contributed by atoms with E-state index in [-0.39, 0.29) is 46.1 Å². The zero-order valence-corrected chi connectivity index (χ0v) is 21.5. The van der Waals surface area contributed by atoms with E-state index in [1.807, 2.05) is 0 Å². The van der Waals surface area contributed by atoms with Crippen LogP contribution in [0, 0.1) is 0 Å². The Morgan fingerprint density at radius 2 is 2.25 bits per heavy atom. The average Bonchev–Trinajstić information content (AvgIpc) is 3.42. The number of carbonyl (C=O) groups excluding carboxylic acids is 3. The number of aromatic nitrogens is 3. The average molecular weight is 522 g/mol. The van der Waals surface area contributed by atoms with Gasteiger partial charge in [0.2, 0.25) is 0 Å². The Morgan fingerprint density at radius 3 is 2.84 bits per heavy atom. The van der Waals surface area contributed by atoms with Gasteiger partial charge in [-0.05, 0) is 17.1 Å². The molecular formula is C15H12N7NaO5S4. The van der Waals surface area contributed by atoms with Gasteiger partial charge in [0.25, 0.3) is 11.8 Å². The number of nitrogen functional groups attached to an aromatic ring is 1. The normalized spacial score (nSPS) is 20.3. The van der Waals surface area contributed by atoms with Crippen molar-refractivity contribution in [2.45, 2.75) is 15.8 Å². The number of β-lactam (4-membered cyclic amide) rings is 1. The second-order valence-corrected chi connectivity index (χ2v) is 10.1. The zero-order chi connectivity index (χ0) is 22.1. The second-order valence-electron chi connectivity index (χ2n) is 6.12. The minimum Gasteiger partial charge on any atom is -0.543 e. The quantitative estimate of drug-likeness (QED) is 0.0804. The number of oxime groups is 1. The fourth-order valence-electron chi connectivity index (χ4n) is 2.98. The topological polar surface area (TPSA) is 187 Å². The standard InChI is InChI=1S/C15H13N7O5S4.Na/c16-14-19-6(3-29-14)7(21-27)10(23)20-8-11(24)22-9(13(25)26)5(1-28-12(8)22)2-30-15-17-4-18-31-15;/h3-4,8,12,27H,1-2H2,(H2,16,19)(H,20,23)(H,25,26);/q;+1/p-1/b21-7-;/t8?,12-;/m1./s1. The maximum Gasteiger partial charge on any atom is 1.00 e. The number of rotatable bonds is 7. The van der Waals surface area contributed by atoms with Gasteiger partial charge >= 0.3 is 29.6 Å². The fourth-order valence-corrected chi connectivity index (χ4v) is 6.45. The Labute approximate surface area is 219 Å². The van der Waals surface area contributed by atoms with E-state index < -0.39 is 34.9 Å². The molecule has 0 aromatic carbocycles. The smallest absolute Gasteiger partial charge is 0.543 e. The van der Waals surface area contributed by atoms with Gasteiger partial charge in [-0.2, -0.15) is 4.37 Å². The molecule has 2 atom stereocenters. The number of thioether (sulfide) groups is 2. The van der Waals surface area contributed by atoms with Crippen molar-refractivity contribution in [2.75, 3.05) is 17.2 Å². The largest absolute Gasteiger partial charge is 1.00 e. The summed E-state index contributed by atoms with van der Waals surface area (Å²) in [5.74, 6) is -2.25. The first-order valence-electron chi connectivity index (χ1n) is 8.42. The Kier molecular flexibility index (Phi) is 8.18. The van der Waals surface area contributed by atoms with Crippen molar-refractivity contribution in [3.8, 4) is 0 Å². The maximum absolute atomic E-state index is 12.7. The van der Waals surface area contributed by atoms with Gasteiger partial charge < -0.3 is 26.2 Å². The minimum atomic E-state index is -1.47. The SMILES string of the molecule is Nc1nc(/C(=N/O)C(=O)NC2C(=O)N3C(C(=O)[O-])=C(CSc4ncns4)CS[C@H]23)cs1.[Na+]. The third-order valence-corrected chi connectivity index (χ3v) is 8.21. The molecule has 2 aliphatic heterocycles. The number of amides is 2. The summed E-state index contributed by atoms with van der Waals surface area (Å²) in [6, 6.07) is -0.989. The van der Waals surface area contributed by atoms with Crippen LogP contribution in [0.15, 0.2) is 32.5 Å². The Balaban J connectivity index is 0.00000289. The van der Waals surface area contributed by atoms with Crippen molar-refractivity contribution in [2.24, 2.45) is 5.16 Å². The van der Waals surface area contributed by atoms with Gasteiger partial charge in [-0.25, -0.2) is 9.97 Å². The molecule has 0 spiro atoms. The second kappa shape index (κ2) is 10.5. The number of aliphatic carboxylic acids is 1. The van der Waals surface area contributed by atoms with Crippen LogP contribution in [-0.2, 0) is 14.4 Å². The van der Waals surface area contributed by atoms with Crippen LogP contribution in [0.4, 0.5) is 5.13 Å². The zero-order valence-electron chi connectivity index (χ0n) is 16.3. The van der Waals surface area contributed by atoms with E-state index in [9.17, 15) is 24.7 Å². The summed E-state index contributed by atoms with van der Waals surface area (Å²) in [5, 5.41) is 27.4. The van der Waals surface area contributed by atoms with E-state index >= 15 is 0 Å². The van der Waals surface area contributed by atoms with Gasteiger partial charge in [0.15, 0.2) is 15.2 Å². The summed E-state index contributed by atoms with van der Waals surface area (Å²) in [5.41, 5.74) is 5.53. The van der Waals surface area contributed by atoms with E-state index in [4.69, 9.17) is 5.73 Å². The number of nitrogens with zero attached hydrogens (tertiary/aromatic N) is 5. The van der Waals surface area contributed by atoms with Crippen LogP contribution in [0.5, 0.6) is 0 Å². The Hall–Kier alpha value is -1.69. The van der Waals surface area contributed by atoms with E-state index in [0.717, 1.165) is 16.2 Å². The third kappa shape index (κ3) is 4.80. The Bertz CT molecular complexity index is 1110. The third-order valence-electron chi connectivity index (χ3n) is 4.32. The first-order chi connectivity index (χ1) is 14.9. The van der Waals surface area contributed by atoms with Crippen LogP contribution in [0.3, 0.4) is 0 Å². The van der Waals surface area contributed by atoms with Crippen LogP contribution >= 0.6 is 46.4 Å². The molecule has 2 amide bonds. The number of nitrogens with one attached hydrogen (secondary N) is 1. The summed E-state index contributed by atoms with van der Waals surface area (Å²) in [6.07, 6.45) is 1.41. The van der Waals surface area contributed by atoms with Gasteiger partial charge in [0.1, 0.15) is 23.4 Å². The molecule has 2 aromatic heterocycles. The molecule has 4 heterocycles. The van der Waals surface area contributed by atoms with Crippen LogP contribution in [-0.4, -0.2) is 70.9 Å². The van der Waals surface area contributed by atoms with Crippen molar-refractivity contribution in [3.05, 3.63) is 28.7 Å². The van der Waals surface area contributed by atoms with Gasteiger partial charge in [0.05, 0.1) is 11.7 Å². The number of anilines is 1. The van der Waals surface area contributed by atoms with Gasteiger partial charge in [-0.15, -0.1) is 23.1 Å². The van der Waals surface area contributed by atoms with Crippen molar-refractivity contribution < 1.29 is 54.3 Å². The van der Waals surface area contributed by atoms with Gasteiger partial charge in [-0.3, -0.25) is 14.5 Å². The van der Waals surface area contributed by atoms with Crippen LogP contribution in [0.25, 0.3) is 0 Å². The van der Waals surface area contributed by atoms with E-state index in [2.05, 4.69) is 24.8 Å². The molecule has 32 heavy (non-hydrogen) atoms. The van der Waals surface area contributed by atoms with E-state index in [1.165, 1.54) is 46.8 Å². The van der Waals surface area contributed by atoms with Crippen LogP contribution in [0.2, 0.25) is 0 Å². The molecule has 2 aromatic rings. The summed E-state index contributed by atoms with van der Waals surface area (Å²) >= 11 is 4.87. The molecule has 2 aliphatic rings. The minimum absolute atomic E-state index is 0. The molecule has 4 rings (SSSR count). The van der Waals surface area contributed by atoms with Gasteiger partial charge in [-0.1, -0.05) is 16.9 Å². The summed E-state index contributed by atoms with van der Waals surface area (Å²) in [7, 11) is 0. The molecule has 0 bridgehead atoms. The van der Waals surface area contributed by atoms with Crippen molar-refractivity contribution in [1.29, 1.82) is 0 Å². The first-order valence-corrected chi connectivity index (χ1v) is 12.1. The van der Waals surface area contributed by atoms with E-state index in [1.54, 1.807) is 0 Å². The predicted molar refractivity (Wildman–Crippen MR) is 113 cm³/mol. The van der Waals surface area contributed by atoms with Crippen molar-refractivity contribution in [1.82, 2.24) is 24.6 Å². The summed E-state index contributed by atoms with van der Waals surface area (Å²) in [4.78, 5) is 46.0. The number of hydrogen-bond acceptors (Lipinski definition) is 14. The van der Waals surface area contributed by atoms with Crippen molar-refractivity contribution >= 4 is 75.0 Å². The number of carbonyl (C=O) groups is 3. The van der Waals surface area contributed by atoms with Crippen LogP contribution < -0.4 is 45.7 Å². The first kappa shape index (κ1) is 24.9. The fraction of sp³-hybridized carbons (Fsp3) is 0.267. The Morgan fingerprint density at radius 1 is 1.47 bits per heavy atom. The predicted octanol–water partition coefficient (Wildman–Crippen LogP) is -4.04. The molecule has 4 N–H and O–H groups in total. The molecule has 1 unspecified atom stereocenters. The molecule has 0 saturated carbocycles. The number of thiazole rings is 1. The number of nitrogens with two attached hydrogens (primary N) is 1. The van der Waals surface area contributed by atoms with E-state index in [0.29, 0.717) is 21.4 Å². The molecule has 0 aliphatic carbocycles. The summed E-state index contributed by atoms with van der Waals surface area (Å²) in [6.45, 7) is 0. The monoisotopic (exact) mass is 521 g/mol. The maximum atomic E-state index is 12.7. The van der Waals surface area contributed by atoms with Gasteiger partial charge in [0, 0.05) is 16.9 Å². The number of fused-ring (bicyclic) bond motifs is 1. The molecule has 162 valence electrons.